The minimum atomic E-state index is -1.24. The van der Waals surface area contributed by atoms with Crippen molar-refractivity contribution in [2.45, 2.75) is 64.5 Å². The van der Waals surface area contributed by atoms with E-state index in [1.807, 2.05) is 30.3 Å². The highest BCUT2D eigenvalue weighted by atomic mass is 16.5. The average molecular weight is 619 g/mol. The summed E-state index contributed by atoms with van der Waals surface area (Å²) in [5, 5.41) is 8.90. The van der Waals surface area contributed by atoms with Crippen LogP contribution >= 0.6 is 0 Å². The molecule has 45 heavy (non-hydrogen) atoms. The highest BCUT2D eigenvalue weighted by Crippen LogP contribution is 2.32. The molecule has 1 saturated heterocycles. The first-order valence-electron chi connectivity index (χ1n) is 15.1. The molecule has 4 rings (SSSR count). The Balaban J connectivity index is 1.61. The molecule has 3 amide bonds. The van der Waals surface area contributed by atoms with Gasteiger partial charge in [0.25, 0.3) is 5.91 Å². The van der Waals surface area contributed by atoms with E-state index in [4.69, 9.17) is 9.47 Å². The van der Waals surface area contributed by atoms with E-state index in [2.05, 4.69) is 20.9 Å². The number of aromatic nitrogens is 1. The Bertz CT molecular complexity index is 1560. The lowest BCUT2D eigenvalue weighted by Crippen LogP contribution is -2.54. The van der Waals surface area contributed by atoms with E-state index in [0.29, 0.717) is 41.1 Å². The second-order valence-corrected chi connectivity index (χ2v) is 12.5. The number of ether oxygens (including phenoxy) is 2. The summed E-state index contributed by atoms with van der Waals surface area (Å²) < 4.78 is 10.8. The van der Waals surface area contributed by atoms with Crippen LogP contribution in [-0.2, 0) is 25.6 Å². The van der Waals surface area contributed by atoms with Crippen molar-refractivity contribution in [3.8, 4) is 11.5 Å². The Labute approximate surface area is 262 Å². The summed E-state index contributed by atoms with van der Waals surface area (Å²) in [5.74, 6) is -3.10. The van der Waals surface area contributed by atoms with Gasteiger partial charge in [-0.05, 0) is 58.1 Å². The molecule has 0 radical (unpaired) electrons. The molecule has 0 spiro atoms. The predicted octanol–water partition coefficient (Wildman–Crippen LogP) is 3.50. The SMILES string of the molecule is COc1cc(OC)c2cc(C(=O)C[C@@H](Cc3ccccc3)C(=O)N[C@@H](C[C@@H]3CCCNC3=O)C(=O)C(=O)NC(C)(C)C)[nH]c2c1. The summed E-state index contributed by atoms with van der Waals surface area (Å²) >= 11 is 0. The fourth-order valence-electron chi connectivity index (χ4n) is 5.53. The van der Waals surface area contributed by atoms with Crippen LogP contribution in [0, 0.1) is 11.8 Å². The largest absolute Gasteiger partial charge is 0.497 e. The van der Waals surface area contributed by atoms with Crippen molar-refractivity contribution in [2.75, 3.05) is 20.8 Å². The number of methoxy groups -OCH3 is 2. The van der Waals surface area contributed by atoms with Gasteiger partial charge in [0.15, 0.2) is 5.78 Å². The van der Waals surface area contributed by atoms with Crippen molar-refractivity contribution >= 4 is 40.2 Å². The van der Waals surface area contributed by atoms with Gasteiger partial charge < -0.3 is 30.4 Å². The molecule has 1 aromatic heterocycles. The first-order chi connectivity index (χ1) is 21.4. The molecule has 0 bridgehead atoms. The van der Waals surface area contributed by atoms with Gasteiger partial charge in [-0.25, -0.2) is 0 Å². The lowest BCUT2D eigenvalue weighted by Gasteiger charge is -2.28. The van der Waals surface area contributed by atoms with Crippen molar-refractivity contribution in [1.29, 1.82) is 0 Å². The van der Waals surface area contributed by atoms with Crippen LogP contribution in [0.25, 0.3) is 10.9 Å². The number of piperidine rings is 1. The molecule has 11 heteroatoms. The zero-order valence-corrected chi connectivity index (χ0v) is 26.5. The minimum absolute atomic E-state index is 0.0242. The van der Waals surface area contributed by atoms with Crippen LogP contribution in [0.4, 0.5) is 0 Å². The van der Waals surface area contributed by atoms with Crippen LogP contribution in [0.5, 0.6) is 11.5 Å². The van der Waals surface area contributed by atoms with Gasteiger partial charge in [0.05, 0.1) is 31.5 Å². The molecule has 1 aliphatic rings. The number of carbonyl (C=O) groups excluding carboxylic acids is 5. The van der Waals surface area contributed by atoms with Gasteiger partial charge in [0.2, 0.25) is 17.6 Å². The Kier molecular flexibility index (Phi) is 10.6. The molecule has 3 atom stereocenters. The number of amides is 3. The molecule has 2 aromatic carbocycles. The highest BCUT2D eigenvalue weighted by molar-refractivity contribution is 6.38. The Hall–Kier alpha value is -4.67. The number of rotatable bonds is 13. The van der Waals surface area contributed by atoms with Gasteiger partial charge >= 0.3 is 0 Å². The molecule has 0 unspecified atom stereocenters. The highest BCUT2D eigenvalue weighted by Gasteiger charge is 2.36. The summed E-state index contributed by atoms with van der Waals surface area (Å²) in [7, 11) is 3.06. The number of hydrogen-bond donors (Lipinski definition) is 4. The number of fused-ring (bicyclic) bond motifs is 1. The van der Waals surface area contributed by atoms with Gasteiger partial charge in [-0.1, -0.05) is 30.3 Å². The first-order valence-corrected chi connectivity index (χ1v) is 15.1. The molecule has 2 heterocycles. The molecule has 3 aromatic rings. The minimum Gasteiger partial charge on any atom is -0.497 e. The molecule has 11 nitrogen and oxygen atoms in total. The zero-order chi connectivity index (χ0) is 32.7. The topological polar surface area (TPSA) is 156 Å². The number of hydrogen-bond acceptors (Lipinski definition) is 7. The Morgan fingerprint density at radius 2 is 1.76 bits per heavy atom. The smallest absolute Gasteiger partial charge is 0.290 e. The summed E-state index contributed by atoms with van der Waals surface area (Å²) in [6.45, 7) is 5.78. The molecule has 0 aliphatic carbocycles. The third kappa shape index (κ3) is 8.71. The van der Waals surface area contributed by atoms with Crippen molar-refractivity contribution in [3.05, 3.63) is 59.8 Å². The fourth-order valence-corrected chi connectivity index (χ4v) is 5.53. The fraction of sp³-hybridized carbons (Fsp3) is 0.441. The van der Waals surface area contributed by atoms with Gasteiger partial charge in [-0.2, -0.15) is 0 Å². The standard InChI is InChI=1S/C34H42N4O7/c1-34(2,3)38-33(43)30(40)27(15-21-12-9-13-35-31(21)41)37-32(42)22(14-20-10-7-6-8-11-20)16-28(39)26-19-24-25(36-26)17-23(44-4)18-29(24)45-5/h6-8,10-11,17-19,21-22,27,36H,9,12-16H2,1-5H3,(H,35,41)(H,37,42)(H,38,43)/t21-,22+,27-/m0/s1. The van der Waals surface area contributed by atoms with Gasteiger partial charge in [0, 0.05) is 47.9 Å². The van der Waals surface area contributed by atoms with E-state index >= 15 is 0 Å². The maximum absolute atomic E-state index is 13.9. The quantitative estimate of drug-likeness (QED) is 0.169. The van der Waals surface area contributed by atoms with E-state index in [9.17, 15) is 24.0 Å². The van der Waals surface area contributed by atoms with E-state index in [1.54, 1.807) is 39.0 Å². The summed E-state index contributed by atoms with van der Waals surface area (Å²) in [6.07, 6.45) is 1.28. The molecule has 1 fully saturated rings. The monoisotopic (exact) mass is 618 g/mol. The lowest BCUT2D eigenvalue weighted by molar-refractivity contribution is -0.142. The maximum atomic E-state index is 13.9. The maximum Gasteiger partial charge on any atom is 0.290 e. The van der Waals surface area contributed by atoms with Crippen LogP contribution in [-0.4, -0.2) is 66.6 Å². The number of Topliss-reactive ketones (excluding diaryl/α,β-unsaturated/α-hetero) is 2. The predicted molar refractivity (Wildman–Crippen MR) is 169 cm³/mol. The van der Waals surface area contributed by atoms with E-state index in [0.717, 1.165) is 12.0 Å². The number of aromatic amines is 1. The van der Waals surface area contributed by atoms with Crippen molar-refractivity contribution in [2.24, 2.45) is 11.8 Å². The third-order valence-electron chi connectivity index (χ3n) is 7.82. The molecular weight excluding hydrogens is 576 g/mol. The number of nitrogens with one attached hydrogen (secondary N) is 4. The lowest BCUT2D eigenvalue weighted by atomic mass is 9.88. The first kappa shape index (κ1) is 33.2. The van der Waals surface area contributed by atoms with Crippen molar-refractivity contribution in [3.63, 3.8) is 0 Å². The summed E-state index contributed by atoms with van der Waals surface area (Å²) in [5.41, 5.74) is 1.07. The van der Waals surface area contributed by atoms with Gasteiger partial charge in [-0.3, -0.25) is 24.0 Å². The number of ketones is 2. The Morgan fingerprint density at radius 3 is 2.40 bits per heavy atom. The number of carbonyl (C=O) groups is 5. The molecule has 240 valence electrons. The van der Waals surface area contributed by atoms with E-state index in [1.165, 1.54) is 14.2 Å². The van der Waals surface area contributed by atoms with Crippen LogP contribution in [0.15, 0.2) is 48.5 Å². The van der Waals surface area contributed by atoms with E-state index < -0.39 is 41.0 Å². The second-order valence-electron chi connectivity index (χ2n) is 12.5. The summed E-state index contributed by atoms with van der Waals surface area (Å²) in [4.78, 5) is 69.6. The number of benzene rings is 2. The Morgan fingerprint density at radius 1 is 1.02 bits per heavy atom. The van der Waals surface area contributed by atoms with Crippen molar-refractivity contribution < 1.29 is 33.4 Å². The molecule has 1 aliphatic heterocycles. The molecule has 0 saturated carbocycles. The van der Waals surface area contributed by atoms with Crippen LogP contribution in [0.2, 0.25) is 0 Å². The van der Waals surface area contributed by atoms with E-state index in [-0.39, 0.29) is 31.0 Å². The molecule has 4 N–H and O–H groups in total. The third-order valence-corrected chi connectivity index (χ3v) is 7.82. The van der Waals surface area contributed by atoms with Crippen LogP contribution < -0.4 is 25.4 Å². The molecular formula is C34H42N4O7. The van der Waals surface area contributed by atoms with Gasteiger partial charge in [-0.15, -0.1) is 0 Å². The zero-order valence-electron chi connectivity index (χ0n) is 26.5. The van der Waals surface area contributed by atoms with Crippen molar-refractivity contribution in [1.82, 2.24) is 20.9 Å². The van der Waals surface area contributed by atoms with Gasteiger partial charge in [0.1, 0.15) is 11.5 Å². The second kappa shape index (κ2) is 14.4. The number of H-pyrrole nitrogens is 1. The average Bonchev–Trinajstić information content (AvgIpc) is 3.44. The van der Waals surface area contributed by atoms with Crippen LogP contribution in [0.3, 0.4) is 0 Å². The van der Waals surface area contributed by atoms with Crippen LogP contribution in [0.1, 0.15) is 62.5 Å². The normalized spacial score (nSPS) is 16.3. The summed E-state index contributed by atoms with van der Waals surface area (Å²) in [6, 6.07) is 13.2.